The summed E-state index contributed by atoms with van der Waals surface area (Å²) < 4.78 is 11.5. The van der Waals surface area contributed by atoms with Crippen molar-refractivity contribution in [2.24, 2.45) is 0 Å². The Hall–Kier alpha value is -9.38. The van der Waals surface area contributed by atoms with E-state index in [1.165, 1.54) is 0 Å². The Labute approximate surface area is 377 Å². The minimum Gasteiger partial charge on any atom is -0.487 e. The Morgan fingerprint density at radius 1 is 0.606 bits per heavy atom. The molecule has 2 aliphatic heterocycles. The quantitative estimate of drug-likeness (QED) is 0.147. The lowest BCUT2D eigenvalue weighted by Gasteiger charge is -2.16. The van der Waals surface area contributed by atoms with E-state index in [1.807, 2.05) is 168 Å². The molecule has 0 saturated heterocycles. The zero-order valence-corrected chi connectivity index (χ0v) is 35.1. The lowest BCUT2D eigenvalue weighted by Crippen LogP contribution is -2.19. The summed E-state index contributed by atoms with van der Waals surface area (Å²) in [4.78, 5) is 47.6. The lowest BCUT2D eigenvalue weighted by atomic mass is 9.99. The molecule has 0 amide bonds. The van der Waals surface area contributed by atoms with Crippen molar-refractivity contribution in [3.05, 3.63) is 232 Å². The van der Waals surface area contributed by atoms with Crippen LogP contribution in [0.3, 0.4) is 0 Å². The molecule has 312 valence electrons. The van der Waals surface area contributed by atoms with Crippen LogP contribution < -0.4 is 10.2 Å². The average molecular weight is 855 g/mol. The van der Waals surface area contributed by atoms with Gasteiger partial charge in [-0.3, -0.25) is 23.5 Å². The fourth-order valence-corrected chi connectivity index (χ4v) is 9.05. The normalized spacial score (nSPS) is 11.8. The Kier molecular flexibility index (Phi) is 9.61. The van der Waals surface area contributed by atoms with Crippen LogP contribution in [0.1, 0.15) is 37.7 Å². The van der Waals surface area contributed by atoms with E-state index < -0.39 is 0 Å². The number of nitriles is 1. The highest BCUT2D eigenvalue weighted by molar-refractivity contribution is 6.12. The van der Waals surface area contributed by atoms with E-state index in [-0.39, 0.29) is 17.2 Å². The molecule has 0 atom stereocenters. The van der Waals surface area contributed by atoms with E-state index in [1.54, 1.807) is 27.6 Å². The molecule has 0 N–H and O–H groups in total. The Morgan fingerprint density at radius 3 is 1.95 bits per heavy atom. The van der Waals surface area contributed by atoms with Crippen LogP contribution in [0, 0.1) is 17.9 Å². The fraction of sp³-hybridized carbons (Fsp3) is 0.0357. The summed E-state index contributed by atoms with van der Waals surface area (Å²) >= 11 is 0. The maximum atomic E-state index is 13.3. The van der Waals surface area contributed by atoms with Crippen molar-refractivity contribution in [1.29, 1.82) is 5.26 Å². The van der Waals surface area contributed by atoms with Crippen LogP contribution in [0.25, 0.3) is 71.4 Å². The summed E-state index contributed by atoms with van der Waals surface area (Å²) in [5, 5.41) is 10.9. The number of pyridine rings is 2. The molecule has 66 heavy (non-hydrogen) atoms. The van der Waals surface area contributed by atoms with Crippen molar-refractivity contribution in [2.45, 2.75) is 13.2 Å². The average Bonchev–Trinajstić information content (AvgIpc) is 4.17. The van der Waals surface area contributed by atoms with Gasteiger partial charge in [0.05, 0.1) is 51.8 Å². The number of hydrogen-bond donors (Lipinski definition) is 0. The second kappa shape index (κ2) is 16.1. The second-order valence-corrected chi connectivity index (χ2v) is 15.9. The van der Waals surface area contributed by atoms with Crippen LogP contribution >= 0.6 is 0 Å². The molecule has 10 aromatic rings. The van der Waals surface area contributed by atoms with E-state index in [2.05, 4.69) is 15.9 Å². The largest absolute Gasteiger partial charge is 0.487 e. The van der Waals surface area contributed by atoms with E-state index in [0.717, 1.165) is 61.1 Å². The first-order chi connectivity index (χ1) is 32.4. The van der Waals surface area contributed by atoms with E-state index in [4.69, 9.17) is 11.3 Å². The van der Waals surface area contributed by atoms with Gasteiger partial charge in [-0.15, -0.1) is 0 Å². The third-order valence-corrected chi connectivity index (χ3v) is 12.2. The first-order valence-electron chi connectivity index (χ1n) is 21.2. The molecule has 6 heterocycles. The SMILES string of the molecule is N#Cc1ccccc1-c1ccc(COc2c3c(nc4ccccc24)C(=O)n2cccc2-3)cc1.[C-]#[N+]c1ccccc1-c1ccc(Cn2c3c(c(=O)c4ccccc42)-c2cccn2C3=O)cc1. The number of fused-ring (bicyclic) bond motifs is 8. The van der Waals surface area contributed by atoms with Crippen LogP contribution in [-0.2, 0) is 13.2 Å². The van der Waals surface area contributed by atoms with Gasteiger partial charge >= 0.3 is 0 Å². The van der Waals surface area contributed by atoms with Crippen molar-refractivity contribution >= 4 is 39.3 Å². The molecule has 12 rings (SSSR count). The minimum atomic E-state index is -0.185. The molecular formula is C56H34N6O4. The molecule has 6 aromatic carbocycles. The van der Waals surface area contributed by atoms with E-state index in [0.29, 0.717) is 58.2 Å². The first-order valence-corrected chi connectivity index (χ1v) is 21.2. The molecule has 0 aliphatic carbocycles. The molecule has 0 radical (unpaired) electrons. The fourth-order valence-electron chi connectivity index (χ4n) is 9.05. The summed E-state index contributed by atoms with van der Waals surface area (Å²) in [6, 6.07) is 55.9. The number of nitrogens with zero attached hydrogens (tertiary/aromatic N) is 6. The number of ether oxygens (including phenoxy) is 1. The minimum absolute atomic E-state index is 0.117. The maximum absolute atomic E-state index is 13.3. The zero-order valence-electron chi connectivity index (χ0n) is 35.1. The third kappa shape index (κ3) is 6.48. The highest BCUT2D eigenvalue weighted by atomic mass is 16.5. The molecule has 0 saturated carbocycles. The molecule has 4 aromatic heterocycles. The maximum Gasteiger partial charge on any atom is 0.281 e. The van der Waals surface area contributed by atoms with Gasteiger partial charge in [0.25, 0.3) is 11.8 Å². The molecule has 0 fully saturated rings. The van der Waals surface area contributed by atoms with Gasteiger partial charge in [0, 0.05) is 29.7 Å². The molecule has 10 heteroatoms. The molecule has 0 unspecified atom stereocenters. The van der Waals surface area contributed by atoms with Crippen LogP contribution in [0.5, 0.6) is 5.75 Å². The van der Waals surface area contributed by atoms with Gasteiger partial charge in [0.15, 0.2) is 11.1 Å². The van der Waals surface area contributed by atoms with Crippen LogP contribution in [-0.4, -0.2) is 30.5 Å². The Bertz CT molecular complexity index is 3770. The van der Waals surface area contributed by atoms with Gasteiger partial charge in [-0.1, -0.05) is 115 Å². The number of carbonyl (C=O) groups excluding carboxylic acids is 2. The second-order valence-electron chi connectivity index (χ2n) is 15.9. The van der Waals surface area contributed by atoms with Crippen molar-refractivity contribution < 1.29 is 14.3 Å². The number of aromatic nitrogens is 4. The zero-order chi connectivity index (χ0) is 44.9. The molecule has 0 bridgehead atoms. The van der Waals surface area contributed by atoms with Gasteiger partial charge in [-0.25, -0.2) is 9.83 Å². The molecule has 2 aliphatic rings. The highest BCUT2D eigenvalue weighted by Gasteiger charge is 2.34. The highest BCUT2D eigenvalue weighted by Crippen LogP contribution is 2.43. The Morgan fingerprint density at radius 2 is 1.21 bits per heavy atom. The first kappa shape index (κ1) is 39.5. The third-order valence-electron chi connectivity index (χ3n) is 12.2. The Balaban J connectivity index is 0.000000146. The van der Waals surface area contributed by atoms with Crippen molar-refractivity contribution in [1.82, 2.24) is 18.7 Å². The number of carbonyl (C=O) groups is 2. The van der Waals surface area contributed by atoms with Gasteiger partial charge in [-0.05, 0) is 88.0 Å². The number of rotatable bonds is 7. The van der Waals surface area contributed by atoms with Gasteiger partial charge in [-0.2, -0.15) is 5.26 Å². The predicted molar refractivity (Wildman–Crippen MR) is 254 cm³/mol. The smallest absolute Gasteiger partial charge is 0.281 e. The van der Waals surface area contributed by atoms with Crippen LogP contribution in [0.2, 0.25) is 0 Å². The number of para-hydroxylation sites is 3. The summed E-state index contributed by atoms with van der Waals surface area (Å²) in [6.07, 6.45) is 3.46. The number of benzene rings is 6. The van der Waals surface area contributed by atoms with Crippen molar-refractivity contribution in [3.63, 3.8) is 0 Å². The van der Waals surface area contributed by atoms with Crippen molar-refractivity contribution in [3.8, 4) is 56.6 Å². The van der Waals surface area contributed by atoms with Crippen molar-refractivity contribution in [2.75, 3.05) is 0 Å². The standard InChI is InChI=1S/2C28H17N3O2/c1-29-22-9-4-2-7-20(22)19-14-12-18(13-15-19)17-31-23-10-5-3-8-21(23)27(32)25-24-11-6-16-30(24)28(33)26(25)31;29-16-20-6-1-2-7-21(20)19-13-11-18(12-14-19)17-33-27-22-8-3-4-9-23(22)30-26-25(27)24-10-5-15-31(24)28(26)32/h2-16H,17H2;1-15H,17H2. The molecule has 0 spiro atoms. The monoisotopic (exact) mass is 854 g/mol. The lowest BCUT2D eigenvalue weighted by molar-refractivity contribution is 0.0954. The number of hydrogen-bond acceptors (Lipinski definition) is 6. The molecule has 10 nitrogen and oxygen atoms in total. The van der Waals surface area contributed by atoms with Gasteiger partial charge in [0.1, 0.15) is 23.7 Å². The topological polar surface area (TPSA) is 116 Å². The van der Waals surface area contributed by atoms with E-state index in [9.17, 15) is 19.6 Å². The summed E-state index contributed by atoms with van der Waals surface area (Å²) in [5.41, 5.74) is 11.8. The van der Waals surface area contributed by atoms with Gasteiger partial charge in [0.2, 0.25) is 0 Å². The van der Waals surface area contributed by atoms with Crippen LogP contribution in [0.15, 0.2) is 187 Å². The van der Waals surface area contributed by atoms with E-state index >= 15 is 0 Å². The van der Waals surface area contributed by atoms with Gasteiger partial charge < -0.3 is 9.30 Å². The summed E-state index contributed by atoms with van der Waals surface area (Å²) in [7, 11) is 0. The molecular weight excluding hydrogens is 821 g/mol. The van der Waals surface area contributed by atoms with Crippen LogP contribution in [0.4, 0.5) is 5.69 Å². The predicted octanol–water partition coefficient (Wildman–Crippen LogP) is 11.6. The summed E-state index contributed by atoms with van der Waals surface area (Å²) in [6.45, 7) is 8.20. The summed E-state index contributed by atoms with van der Waals surface area (Å²) in [5.74, 6) is 0.344.